The molecule has 1 aromatic heterocycles. The summed E-state index contributed by atoms with van der Waals surface area (Å²) < 4.78 is 91.3. The highest BCUT2D eigenvalue weighted by molar-refractivity contribution is 7.92. The minimum Gasteiger partial charge on any atom is -0.382 e. The number of sulfonamides is 1. The molecule has 1 aromatic carbocycles. The standard InChI is InChI=1S/C15H10Cl2F5N5O2S/c1-30(28,29)27(10-4-14(10,18)19)12-9(5-23)25-26(13(12)24)11-7(16)2-6(3-8(11)17)15(20,21)22/h2-3,10H,4,24H2,1H3. The molecule has 7 nitrogen and oxygen atoms in total. The summed E-state index contributed by atoms with van der Waals surface area (Å²) in [5.41, 5.74) is 3.02. The zero-order valence-corrected chi connectivity index (χ0v) is 17.0. The Morgan fingerprint density at radius 2 is 1.83 bits per heavy atom. The van der Waals surface area contributed by atoms with E-state index in [2.05, 4.69) is 5.10 Å². The van der Waals surface area contributed by atoms with E-state index in [1.54, 1.807) is 0 Å². The number of nitrogen functional groups attached to an aromatic ring is 1. The highest BCUT2D eigenvalue weighted by atomic mass is 35.5. The Kier molecular flexibility index (Phi) is 5.12. The number of rotatable bonds is 4. The molecule has 0 saturated heterocycles. The minimum absolute atomic E-state index is 0.274. The number of benzene rings is 1. The van der Waals surface area contributed by atoms with Gasteiger partial charge in [0.15, 0.2) is 11.5 Å². The Labute approximate surface area is 176 Å². The number of hydrogen-bond donors (Lipinski definition) is 1. The molecule has 0 aliphatic heterocycles. The second-order valence-corrected chi connectivity index (χ2v) is 9.11. The summed E-state index contributed by atoms with van der Waals surface area (Å²) in [6.45, 7) is 0. The lowest BCUT2D eigenvalue weighted by Crippen LogP contribution is -2.36. The van der Waals surface area contributed by atoms with E-state index in [0.717, 1.165) is 0 Å². The van der Waals surface area contributed by atoms with Crippen LogP contribution in [0.3, 0.4) is 0 Å². The van der Waals surface area contributed by atoms with Crippen LogP contribution in [-0.2, 0) is 16.2 Å². The first-order chi connectivity index (χ1) is 13.6. The molecule has 1 heterocycles. The number of hydrogen-bond acceptors (Lipinski definition) is 5. The second kappa shape index (κ2) is 6.86. The van der Waals surface area contributed by atoms with Gasteiger partial charge in [0, 0.05) is 6.42 Å². The lowest BCUT2D eigenvalue weighted by Gasteiger charge is -2.22. The van der Waals surface area contributed by atoms with E-state index >= 15 is 0 Å². The maximum absolute atomic E-state index is 13.6. The number of halogens is 7. The minimum atomic E-state index is -4.77. The molecular formula is C15H10Cl2F5N5O2S. The van der Waals surface area contributed by atoms with Gasteiger partial charge >= 0.3 is 6.18 Å². The van der Waals surface area contributed by atoms with E-state index in [-0.39, 0.29) is 9.99 Å². The van der Waals surface area contributed by atoms with E-state index in [1.807, 2.05) is 0 Å². The average molecular weight is 490 g/mol. The number of anilines is 2. The van der Waals surface area contributed by atoms with E-state index in [1.165, 1.54) is 6.07 Å². The average Bonchev–Trinajstić information content (AvgIpc) is 3.07. The molecule has 0 radical (unpaired) electrons. The molecule has 15 heteroatoms. The van der Waals surface area contributed by atoms with Crippen molar-refractivity contribution in [3.05, 3.63) is 33.4 Å². The number of nitrogens with zero attached hydrogens (tertiary/aromatic N) is 4. The maximum atomic E-state index is 13.6. The SMILES string of the molecule is CS(=O)(=O)N(c1c(C#N)nn(-c2c(Cl)cc(C(F)(F)F)cc2Cl)c1N)C1CC1(F)F. The number of aromatic nitrogens is 2. The summed E-state index contributed by atoms with van der Waals surface area (Å²) >= 11 is 11.8. The van der Waals surface area contributed by atoms with Gasteiger partial charge in [-0.15, -0.1) is 0 Å². The summed E-state index contributed by atoms with van der Waals surface area (Å²) in [6.07, 6.45) is -4.94. The lowest BCUT2D eigenvalue weighted by atomic mass is 10.2. The van der Waals surface area contributed by atoms with Crippen LogP contribution in [0, 0.1) is 11.3 Å². The summed E-state index contributed by atoms with van der Waals surface area (Å²) in [5, 5.41) is 11.9. The third-order valence-electron chi connectivity index (χ3n) is 4.21. The number of nitrogens with two attached hydrogens (primary N) is 1. The molecule has 3 rings (SSSR count). The molecule has 1 saturated carbocycles. The molecule has 1 aliphatic rings. The van der Waals surface area contributed by atoms with Crippen LogP contribution in [0.15, 0.2) is 12.1 Å². The van der Waals surface area contributed by atoms with Crippen LogP contribution >= 0.6 is 23.2 Å². The zero-order valence-electron chi connectivity index (χ0n) is 14.7. The highest BCUT2D eigenvalue weighted by Gasteiger charge is 2.63. The molecular weight excluding hydrogens is 480 g/mol. The molecule has 0 amide bonds. The monoisotopic (exact) mass is 489 g/mol. The molecule has 2 aromatic rings. The van der Waals surface area contributed by atoms with Crippen LogP contribution in [0.25, 0.3) is 5.69 Å². The first-order valence-corrected chi connectivity index (χ1v) is 10.4. The van der Waals surface area contributed by atoms with Crippen molar-refractivity contribution in [2.75, 3.05) is 16.3 Å². The van der Waals surface area contributed by atoms with Gasteiger partial charge in [-0.2, -0.15) is 23.5 Å². The maximum Gasteiger partial charge on any atom is 0.416 e. The van der Waals surface area contributed by atoms with Gasteiger partial charge in [-0.05, 0) is 12.1 Å². The summed E-state index contributed by atoms with van der Waals surface area (Å²) in [5.74, 6) is -3.98. The third kappa shape index (κ3) is 3.75. The van der Waals surface area contributed by atoms with Crippen molar-refractivity contribution in [1.29, 1.82) is 5.26 Å². The van der Waals surface area contributed by atoms with Crippen molar-refractivity contribution in [2.45, 2.75) is 24.6 Å². The van der Waals surface area contributed by atoms with Gasteiger partial charge in [0.2, 0.25) is 10.0 Å². The van der Waals surface area contributed by atoms with Crippen molar-refractivity contribution in [3.63, 3.8) is 0 Å². The van der Waals surface area contributed by atoms with Crippen LogP contribution in [-0.4, -0.2) is 36.4 Å². The van der Waals surface area contributed by atoms with Crippen LogP contribution in [0.1, 0.15) is 17.7 Å². The largest absolute Gasteiger partial charge is 0.416 e. The summed E-state index contributed by atoms with van der Waals surface area (Å²) in [4.78, 5) is 0. The Balaban J connectivity index is 2.25. The van der Waals surface area contributed by atoms with Crippen molar-refractivity contribution in [1.82, 2.24) is 9.78 Å². The number of alkyl halides is 5. The smallest absolute Gasteiger partial charge is 0.382 e. The molecule has 2 N–H and O–H groups in total. The van der Waals surface area contributed by atoms with Crippen LogP contribution in [0.2, 0.25) is 10.0 Å². The molecule has 0 bridgehead atoms. The van der Waals surface area contributed by atoms with E-state index < -0.39 is 67.4 Å². The Bertz CT molecular complexity index is 1170. The first kappa shape index (κ1) is 22.4. The van der Waals surface area contributed by atoms with Crippen molar-refractivity contribution in [2.24, 2.45) is 0 Å². The van der Waals surface area contributed by atoms with Crippen LogP contribution < -0.4 is 10.0 Å². The van der Waals surface area contributed by atoms with E-state index in [0.29, 0.717) is 23.1 Å². The van der Waals surface area contributed by atoms with Gasteiger partial charge in [0.05, 0.1) is 21.9 Å². The normalized spacial score (nSPS) is 18.2. The molecule has 0 spiro atoms. The van der Waals surface area contributed by atoms with E-state index in [4.69, 9.17) is 28.9 Å². The van der Waals surface area contributed by atoms with Gasteiger partial charge in [-0.1, -0.05) is 23.2 Å². The lowest BCUT2D eigenvalue weighted by molar-refractivity contribution is -0.137. The van der Waals surface area contributed by atoms with Gasteiger partial charge in [-0.3, -0.25) is 4.31 Å². The fraction of sp³-hybridized carbons (Fsp3) is 0.333. The molecule has 162 valence electrons. The second-order valence-electron chi connectivity index (χ2n) is 6.43. The fourth-order valence-corrected chi connectivity index (χ4v) is 4.67. The number of nitriles is 1. The van der Waals surface area contributed by atoms with Crippen LogP contribution in [0.4, 0.5) is 33.5 Å². The fourth-order valence-electron chi connectivity index (χ4n) is 2.82. The molecule has 30 heavy (non-hydrogen) atoms. The quantitative estimate of drug-likeness (QED) is 0.657. The van der Waals surface area contributed by atoms with Crippen LogP contribution in [0.5, 0.6) is 0 Å². The van der Waals surface area contributed by atoms with E-state index in [9.17, 15) is 35.6 Å². The van der Waals surface area contributed by atoms with Crippen molar-refractivity contribution < 1.29 is 30.4 Å². The van der Waals surface area contributed by atoms with Crippen molar-refractivity contribution >= 4 is 44.7 Å². The predicted octanol–water partition coefficient (Wildman–Crippen LogP) is 3.83. The Morgan fingerprint density at radius 1 is 1.33 bits per heavy atom. The third-order valence-corrected chi connectivity index (χ3v) is 5.94. The van der Waals surface area contributed by atoms with Gasteiger partial charge < -0.3 is 5.73 Å². The topological polar surface area (TPSA) is 105 Å². The first-order valence-electron chi connectivity index (χ1n) is 7.82. The Morgan fingerprint density at radius 3 is 2.20 bits per heavy atom. The Hall–Kier alpha value is -2.30. The molecule has 1 fully saturated rings. The predicted molar refractivity (Wildman–Crippen MR) is 98.4 cm³/mol. The molecule has 1 atom stereocenters. The van der Waals surface area contributed by atoms with Gasteiger partial charge in [0.1, 0.15) is 23.5 Å². The summed E-state index contributed by atoms with van der Waals surface area (Å²) in [6, 6.07) is 0.795. The molecule has 1 aliphatic carbocycles. The highest BCUT2D eigenvalue weighted by Crippen LogP contribution is 2.50. The van der Waals surface area contributed by atoms with Gasteiger partial charge in [0.25, 0.3) is 5.92 Å². The van der Waals surface area contributed by atoms with Gasteiger partial charge in [-0.25, -0.2) is 21.9 Å². The van der Waals surface area contributed by atoms with Crippen molar-refractivity contribution in [3.8, 4) is 11.8 Å². The zero-order chi connectivity index (χ0) is 22.8. The molecule has 1 unspecified atom stereocenters. The summed E-state index contributed by atoms with van der Waals surface area (Å²) in [7, 11) is -4.34.